The molecule has 0 amide bonds. The maximum absolute atomic E-state index is 13.3. The van der Waals surface area contributed by atoms with E-state index in [-0.39, 0.29) is 53.7 Å². The predicted molar refractivity (Wildman–Crippen MR) is 152 cm³/mol. The number of halogens is 1. The predicted octanol–water partition coefficient (Wildman–Crippen LogP) is 5.62. The molecule has 5 rings (SSSR count). The summed E-state index contributed by atoms with van der Waals surface area (Å²) in [5.41, 5.74) is 7.50. The van der Waals surface area contributed by atoms with Gasteiger partial charge in [0.2, 0.25) is 0 Å². The first-order valence-electron chi connectivity index (χ1n) is 14.3. The fourth-order valence-electron chi connectivity index (χ4n) is 5.23. The van der Waals surface area contributed by atoms with E-state index < -0.39 is 0 Å². The highest BCUT2D eigenvalue weighted by atomic mass is 19.1. The van der Waals surface area contributed by atoms with Gasteiger partial charge in [-0.15, -0.1) is 0 Å². The molecule has 8 nitrogen and oxygen atoms in total. The van der Waals surface area contributed by atoms with Crippen molar-refractivity contribution in [2.75, 3.05) is 12.3 Å². The molecule has 0 saturated heterocycles. The number of rotatable bonds is 9. The molecule has 2 saturated carbocycles. The van der Waals surface area contributed by atoms with Crippen LogP contribution < -0.4 is 15.8 Å². The Labute approximate surface area is 235 Å². The largest absolute Gasteiger partial charge is 0.490 e. The van der Waals surface area contributed by atoms with Crippen LogP contribution in [0.1, 0.15) is 81.1 Å². The number of ether oxygens (including phenoxy) is 2. The fraction of sp³-hybridized carbons (Fsp3) is 0.452. The Hall–Kier alpha value is -3.72. The average molecular weight is 551 g/mol. The van der Waals surface area contributed by atoms with Crippen molar-refractivity contribution in [3.63, 3.8) is 0 Å². The van der Waals surface area contributed by atoms with Crippen LogP contribution in [-0.2, 0) is 9.53 Å². The first-order chi connectivity index (χ1) is 19.5. The van der Waals surface area contributed by atoms with Crippen LogP contribution in [0.25, 0.3) is 5.69 Å². The van der Waals surface area contributed by atoms with Crippen molar-refractivity contribution in [3.8, 4) is 11.4 Å². The lowest BCUT2D eigenvalue weighted by Gasteiger charge is -2.29. The van der Waals surface area contributed by atoms with Crippen LogP contribution in [0.4, 0.5) is 10.2 Å². The van der Waals surface area contributed by atoms with E-state index in [1.807, 2.05) is 19.9 Å². The maximum Gasteiger partial charge on any atom is 0.320 e. The molecule has 2 aliphatic carbocycles. The summed E-state index contributed by atoms with van der Waals surface area (Å²) in [7, 11) is 0. The highest BCUT2D eigenvalue weighted by Crippen LogP contribution is 2.27. The Balaban J connectivity index is 0.00000181. The molecule has 0 bridgehead atoms. The van der Waals surface area contributed by atoms with Crippen molar-refractivity contribution >= 4 is 17.6 Å². The van der Waals surface area contributed by atoms with Crippen molar-refractivity contribution < 1.29 is 23.5 Å². The van der Waals surface area contributed by atoms with Crippen molar-refractivity contribution in [3.05, 3.63) is 71.7 Å². The highest BCUT2D eigenvalue weighted by Gasteiger charge is 2.25. The number of hydrogen-bond donors (Lipinski definition) is 2. The molecule has 1 aromatic heterocycles. The van der Waals surface area contributed by atoms with Gasteiger partial charge in [-0.1, -0.05) is 26.0 Å². The van der Waals surface area contributed by atoms with Crippen LogP contribution >= 0.6 is 0 Å². The number of ketones is 1. The Morgan fingerprint density at radius 1 is 1.00 bits per heavy atom. The number of carbonyl (C=O) groups excluding carboxylic acids is 2. The second-order valence-corrected chi connectivity index (χ2v) is 10.1. The van der Waals surface area contributed by atoms with E-state index in [9.17, 15) is 14.0 Å². The first-order valence-corrected chi connectivity index (χ1v) is 14.3. The highest BCUT2D eigenvalue weighted by molar-refractivity contribution is 6.11. The van der Waals surface area contributed by atoms with E-state index in [0.717, 1.165) is 51.4 Å². The molecule has 0 radical (unpaired) electrons. The Kier molecular flexibility index (Phi) is 10.3. The Morgan fingerprint density at radius 2 is 1.70 bits per heavy atom. The summed E-state index contributed by atoms with van der Waals surface area (Å²) in [6, 6.07) is 13.1. The number of nitrogens with two attached hydrogens (primary N) is 1. The molecule has 0 aliphatic heterocycles. The topological polar surface area (TPSA) is 108 Å². The Bertz CT molecular complexity index is 1260. The van der Waals surface area contributed by atoms with Gasteiger partial charge in [0.15, 0.2) is 5.78 Å². The van der Waals surface area contributed by atoms with E-state index in [1.54, 1.807) is 30.3 Å². The molecular weight excluding hydrogens is 511 g/mol. The number of esters is 1. The lowest BCUT2D eigenvalue weighted by atomic mass is 9.93. The van der Waals surface area contributed by atoms with Gasteiger partial charge < -0.3 is 20.5 Å². The second kappa shape index (κ2) is 14.1. The smallest absolute Gasteiger partial charge is 0.320 e. The van der Waals surface area contributed by atoms with Crippen LogP contribution in [0.3, 0.4) is 0 Å². The van der Waals surface area contributed by atoms with Gasteiger partial charge in [-0.3, -0.25) is 9.59 Å². The van der Waals surface area contributed by atoms with Gasteiger partial charge in [0.25, 0.3) is 0 Å². The van der Waals surface area contributed by atoms with E-state index >= 15 is 0 Å². The van der Waals surface area contributed by atoms with Crippen molar-refractivity contribution in [1.29, 1.82) is 0 Å². The fourth-order valence-corrected chi connectivity index (χ4v) is 5.23. The minimum atomic E-state index is -0.364. The van der Waals surface area contributed by atoms with Gasteiger partial charge >= 0.3 is 5.97 Å². The first kappa shape index (κ1) is 29.3. The zero-order chi connectivity index (χ0) is 28.5. The maximum atomic E-state index is 13.3. The quantitative estimate of drug-likeness (QED) is 0.263. The normalized spacial score (nSPS) is 19.0. The molecule has 2 aliphatic rings. The van der Waals surface area contributed by atoms with E-state index in [0.29, 0.717) is 17.0 Å². The lowest BCUT2D eigenvalue weighted by Crippen LogP contribution is -2.39. The second-order valence-electron chi connectivity index (χ2n) is 10.1. The Morgan fingerprint density at radius 3 is 2.40 bits per heavy atom. The average Bonchev–Trinajstić information content (AvgIpc) is 3.63. The third kappa shape index (κ3) is 7.47. The molecule has 2 aromatic carbocycles. The van der Waals surface area contributed by atoms with Gasteiger partial charge in [0.05, 0.1) is 30.1 Å². The lowest BCUT2D eigenvalue weighted by molar-refractivity contribution is -0.147. The summed E-state index contributed by atoms with van der Waals surface area (Å²) in [4.78, 5) is 25.3. The molecule has 214 valence electrons. The number of anilines is 1. The summed E-state index contributed by atoms with van der Waals surface area (Å²) in [5, 5.41) is 7.55. The SMILES string of the molecule is CC.Nc1c(C(=O)c2cccc(OC3CCC(NCC(=O)OC4CCCC4)CC3)c2)cnn1-c1ccc(F)cc1. The molecule has 0 atom stereocenters. The molecule has 0 unspecified atom stereocenters. The summed E-state index contributed by atoms with van der Waals surface area (Å²) < 4.78 is 26.4. The van der Waals surface area contributed by atoms with Crippen molar-refractivity contribution in [2.24, 2.45) is 0 Å². The number of benzene rings is 2. The van der Waals surface area contributed by atoms with E-state index in [2.05, 4.69) is 10.4 Å². The molecular formula is C31H39FN4O4. The minimum Gasteiger partial charge on any atom is -0.490 e. The zero-order valence-electron chi connectivity index (χ0n) is 23.3. The third-order valence-electron chi connectivity index (χ3n) is 7.33. The van der Waals surface area contributed by atoms with E-state index in [4.69, 9.17) is 15.2 Å². The summed E-state index contributed by atoms with van der Waals surface area (Å²) in [6.45, 7) is 4.25. The van der Waals surface area contributed by atoms with Crippen LogP contribution in [0.5, 0.6) is 5.75 Å². The molecule has 3 N–H and O–H groups in total. The van der Waals surface area contributed by atoms with Crippen LogP contribution in [-0.4, -0.2) is 46.3 Å². The van der Waals surface area contributed by atoms with Gasteiger partial charge in [0, 0.05) is 11.6 Å². The summed E-state index contributed by atoms with van der Waals surface area (Å²) in [6.07, 6.45) is 9.31. The zero-order valence-corrected chi connectivity index (χ0v) is 23.3. The molecule has 1 heterocycles. The van der Waals surface area contributed by atoms with Gasteiger partial charge in [-0.2, -0.15) is 5.10 Å². The number of carbonyl (C=O) groups is 2. The number of nitrogens with zero attached hydrogens (tertiary/aromatic N) is 2. The van der Waals surface area contributed by atoms with Crippen LogP contribution in [0, 0.1) is 5.82 Å². The number of aromatic nitrogens is 2. The molecule has 0 spiro atoms. The van der Waals surface area contributed by atoms with Crippen LogP contribution in [0.2, 0.25) is 0 Å². The molecule has 2 fully saturated rings. The molecule has 3 aromatic rings. The summed E-state index contributed by atoms with van der Waals surface area (Å²) in [5.74, 6) is 0.0127. The van der Waals surface area contributed by atoms with E-state index in [1.165, 1.54) is 23.0 Å². The standard InChI is InChI=1S/C29H33FN4O4.C2H6/c30-20-8-12-22(13-9-20)34-29(31)26(17-33-34)28(36)19-4-3-7-25(16-19)37-24-14-10-21(11-15-24)32-18-27(35)38-23-5-1-2-6-23;1-2/h3-4,7-9,12-13,16-17,21,23-24,32H,1-2,5-6,10-11,14-15,18,31H2;1-2H3. The van der Waals surface area contributed by atoms with Crippen molar-refractivity contribution in [2.45, 2.75) is 83.5 Å². The number of hydrogen-bond acceptors (Lipinski definition) is 7. The van der Waals surface area contributed by atoms with Crippen LogP contribution in [0.15, 0.2) is 54.7 Å². The minimum absolute atomic E-state index is 0.0372. The number of nitrogens with one attached hydrogen (secondary N) is 1. The summed E-state index contributed by atoms with van der Waals surface area (Å²) >= 11 is 0. The van der Waals surface area contributed by atoms with Gasteiger partial charge in [0.1, 0.15) is 23.5 Å². The van der Waals surface area contributed by atoms with Gasteiger partial charge in [-0.05, 0) is 87.8 Å². The monoisotopic (exact) mass is 550 g/mol. The van der Waals surface area contributed by atoms with Gasteiger partial charge in [-0.25, -0.2) is 9.07 Å². The van der Waals surface area contributed by atoms with Crippen molar-refractivity contribution in [1.82, 2.24) is 15.1 Å². The molecule has 9 heteroatoms. The number of nitrogen functional groups attached to an aromatic ring is 1. The third-order valence-corrected chi connectivity index (χ3v) is 7.33. The molecule has 40 heavy (non-hydrogen) atoms.